The van der Waals surface area contributed by atoms with Crippen molar-refractivity contribution < 1.29 is 19.2 Å². The molecule has 204 valence electrons. The van der Waals surface area contributed by atoms with E-state index in [9.17, 15) is 19.7 Å². The van der Waals surface area contributed by atoms with Gasteiger partial charge in [0.25, 0.3) is 11.6 Å². The Hall–Kier alpha value is -4.07. The van der Waals surface area contributed by atoms with Crippen LogP contribution in [0.3, 0.4) is 0 Å². The molecule has 0 aliphatic carbocycles. The fourth-order valence-electron chi connectivity index (χ4n) is 4.09. The number of H-pyrrole nitrogens is 1. The van der Waals surface area contributed by atoms with Gasteiger partial charge < -0.3 is 9.72 Å². The number of fused-ring (bicyclic) bond motifs is 1. The third-order valence-corrected chi connectivity index (χ3v) is 7.48. The Kier molecular flexibility index (Phi) is 8.47. The number of halogens is 3. The Morgan fingerprint density at radius 3 is 2.54 bits per heavy atom. The van der Waals surface area contributed by atoms with Gasteiger partial charge >= 0.3 is 5.97 Å². The van der Waals surface area contributed by atoms with E-state index in [2.05, 4.69) is 54.0 Å². The summed E-state index contributed by atoms with van der Waals surface area (Å²) in [4.78, 5) is 39.5. The van der Waals surface area contributed by atoms with Gasteiger partial charge in [0, 0.05) is 52.8 Å². The first-order valence-corrected chi connectivity index (χ1v) is 14.1. The molecule has 0 aliphatic heterocycles. The zero-order chi connectivity index (χ0) is 29.1. The lowest BCUT2D eigenvalue weighted by Crippen LogP contribution is -2.19. The van der Waals surface area contributed by atoms with Crippen molar-refractivity contribution in [1.29, 1.82) is 0 Å². The molecule has 0 atom stereocenters. The number of aromatic nitrogens is 1. The largest absolute Gasteiger partial charge is 0.422 e. The summed E-state index contributed by atoms with van der Waals surface area (Å²) in [6.45, 7) is 0. The van der Waals surface area contributed by atoms with Gasteiger partial charge in [0.05, 0.1) is 16.7 Å². The Bertz CT molecular complexity index is 1860. The number of hydrogen-bond acceptors (Lipinski definition) is 6. The van der Waals surface area contributed by atoms with Crippen molar-refractivity contribution in [3.8, 4) is 16.9 Å². The fraction of sp³-hybridized carbons (Fsp3) is 0. The third kappa shape index (κ3) is 6.32. The van der Waals surface area contributed by atoms with Gasteiger partial charge in [-0.05, 0) is 77.2 Å². The molecule has 9 nitrogen and oxygen atoms in total. The van der Waals surface area contributed by atoms with E-state index in [4.69, 9.17) is 16.3 Å². The van der Waals surface area contributed by atoms with Crippen LogP contribution in [0.5, 0.6) is 5.75 Å². The Balaban J connectivity index is 1.41. The van der Waals surface area contributed by atoms with E-state index in [0.29, 0.717) is 26.2 Å². The SMILES string of the molecule is O=C(Oc1ccc(Br)cc1C=NNC(=O)c1[nH]c2ccc(I)cc2c1-c1ccccc1Cl)c1ccc([N+](=O)[O-])cc1. The predicted molar refractivity (Wildman–Crippen MR) is 169 cm³/mol. The number of benzene rings is 4. The van der Waals surface area contributed by atoms with Crippen molar-refractivity contribution in [3.05, 3.63) is 125 Å². The van der Waals surface area contributed by atoms with Crippen LogP contribution in [0.15, 0.2) is 94.5 Å². The number of amides is 1. The van der Waals surface area contributed by atoms with E-state index < -0.39 is 16.8 Å². The molecule has 5 aromatic rings. The Morgan fingerprint density at radius 1 is 1.05 bits per heavy atom. The zero-order valence-electron chi connectivity index (χ0n) is 20.7. The maximum absolute atomic E-state index is 13.3. The monoisotopic (exact) mass is 742 g/mol. The van der Waals surface area contributed by atoms with Crippen LogP contribution in [0.25, 0.3) is 22.0 Å². The second kappa shape index (κ2) is 12.2. The highest BCUT2D eigenvalue weighted by Crippen LogP contribution is 2.37. The number of carbonyl (C=O) groups excluding carboxylic acids is 2. The number of nitrogens with zero attached hydrogens (tertiary/aromatic N) is 2. The summed E-state index contributed by atoms with van der Waals surface area (Å²) < 4.78 is 7.20. The highest BCUT2D eigenvalue weighted by Gasteiger charge is 2.21. The molecule has 0 spiro atoms. The topological polar surface area (TPSA) is 127 Å². The first-order chi connectivity index (χ1) is 19.7. The molecule has 4 aromatic carbocycles. The molecule has 1 aromatic heterocycles. The molecule has 0 unspecified atom stereocenters. The summed E-state index contributed by atoms with van der Waals surface area (Å²) in [5, 5.41) is 16.3. The number of ether oxygens (including phenoxy) is 1. The number of hydrazone groups is 1. The molecule has 0 fully saturated rings. The molecule has 0 saturated heterocycles. The van der Waals surface area contributed by atoms with Crippen LogP contribution in [-0.4, -0.2) is 28.0 Å². The number of carbonyl (C=O) groups is 2. The molecule has 41 heavy (non-hydrogen) atoms. The van der Waals surface area contributed by atoms with Gasteiger partial charge in [-0.1, -0.05) is 45.7 Å². The van der Waals surface area contributed by atoms with Gasteiger partial charge in [-0.3, -0.25) is 14.9 Å². The highest BCUT2D eigenvalue weighted by atomic mass is 127. The summed E-state index contributed by atoms with van der Waals surface area (Å²) in [5.74, 6) is -1.04. The number of aromatic amines is 1. The summed E-state index contributed by atoms with van der Waals surface area (Å²) in [5.41, 5.74) is 5.32. The van der Waals surface area contributed by atoms with E-state index in [1.807, 2.05) is 36.4 Å². The third-order valence-electron chi connectivity index (χ3n) is 5.99. The average molecular weight is 744 g/mol. The van der Waals surface area contributed by atoms with Crippen molar-refractivity contribution in [2.24, 2.45) is 5.10 Å². The molecule has 1 amide bonds. The number of hydrogen-bond donors (Lipinski definition) is 2. The number of nitro benzene ring substituents is 1. The lowest BCUT2D eigenvalue weighted by molar-refractivity contribution is -0.384. The molecule has 12 heteroatoms. The second-order valence-electron chi connectivity index (χ2n) is 8.62. The van der Waals surface area contributed by atoms with Crippen LogP contribution in [-0.2, 0) is 0 Å². The van der Waals surface area contributed by atoms with Crippen molar-refractivity contribution in [2.45, 2.75) is 0 Å². The van der Waals surface area contributed by atoms with Crippen LogP contribution in [0.2, 0.25) is 5.02 Å². The molecule has 0 aliphatic rings. The normalized spacial score (nSPS) is 11.1. The van der Waals surface area contributed by atoms with E-state index in [-0.39, 0.29) is 22.7 Å². The van der Waals surface area contributed by atoms with Crippen molar-refractivity contribution in [1.82, 2.24) is 10.4 Å². The molecular formula is C29H17BrClIN4O5. The molecule has 0 radical (unpaired) electrons. The fourth-order valence-corrected chi connectivity index (χ4v) is 5.19. The molecule has 2 N–H and O–H groups in total. The summed E-state index contributed by atoms with van der Waals surface area (Å²) >= 11 is 12.1. The van der Waals surface area contributed by atoms with Crippen LogP contribution in [0, 0.1) is 13.7 Å². The zero-order valence-corrected chi connectivity index (χ0v) is 25.2. The average Bonchev–Trinajstić information content (AvgIpc) is 3.33. The maximum atomic E-state index is 13.3. The number of rotatable bonds is 7. The van der Waals surface area contributed by atoms with Crippen molar-refractivity contribution in [3.63, 3.8) is 0 Å². The van der Waals surface area contributed by atoms with Gasteiger partial charge in [-0.15, -0.1) is 0 Å². The molecule has 5 rings (SSSR count). The van der Waals surface area contributed by atoms with E-state index in [0.717, 1.165) is 14.5 Å². The van der Waals surface area contributed by atoms with Gasteiger partial charge in [-0.2, -0.15) is 5.10 Å². The van der Waals surface area contributed by atoms with Crippen LogP contribution in [0.4, 0.5) is 5.69 Å². The van der Waals surface area contributed by atoms with E-state index >= 15 is 0 Å². The number of nitrogens with one attached hydrogen (secondary N) is 2. The number of non-ortho nitro benzene ring substituents is 1. The second-order valence-corrected chi connectivity index (χ2v) is 11.2. The Labute approximate surface area is 260 Å². The highest BCUT2D eigenvalue weighted by molar-refractivity contribution is 14.1. The first kappa shape index (κ1) is 28.5. The van der Waals surface area contributed by atoms with Crippen LogP contribution in [0.1, 0.15) is 26.4 Å². The van der Waals surface area contributed by atoms with E-state index in [1.165, 1.54) is 30.5 Å². The molecule has 0 bridgehead atoms. The standard InChI is InChI=1S/C29H17BrClIN4O5/c30-18-7-12-25(41-29(38)16-5-9-20(10-6-16)36(39)40)17(13-18)15-33-35-28(37)27-26(21-3-1-2-4-23(21)31)22-14-19(32)8-11-24(22)34-27/h1-15,34H,(H,35,37). The van der Waals surface area contributed by atoms with Gasteiger partial charge in [0.15, 0.2) is 0 Å². The van der Waals surface area contributed by atoms with Gasteiger partial charge in [0.2, 0.25) is 0 Å². The summed E-state index contributed by atoms with van der Waals surface area (Å²) in [6, 6.07) is 23.0. The van der Waals surface area contributed by atoms with Crippen LogP contribution >= 0.6 is 50.1 Å². The Morgan fingerprint density at radius 2 is 1.80 bits per heavy atom. The quantitative estimate of drug-likeness (QED) is 0.0441. The van der Waals surface area contributed by atoms with Crippen LogP contribution < -0.4 is 10.2 Å². The van der Waals surface area contributed by atoms with Gasteiger partial charge in [0.1, 0.15) is 11.4 Å². The lowest BCUT2D eigenvalue weighted by Gasteiger charge is -2.08. The minimum atomic E-state index is -0.710. The van der Waals surface area contributed by atoms with Crippen molar-refractivity contribution >= 4 is 84.8 Å². The molecule has 1 heterocycles. The van der Waals surface area contributed by atoms with Gasteiger partial charge in [-0.25, -0.2) is 10.2 Å². The molecule has 0 saturated carbocycles. The predicted octanol–water partition coefficient (Wildman–Crippen LogP) is 7.75. The summed E-state index contributed by atoms with van der Waals surface area (Å²) in [7, 11) is 0. The minimum absolute atomic E-state index is 0.135. The maximum Gasteiger partial charge on any atom is 0.343 e. The smallest absolute Gasteiger partial charge is 0.343 e. The minimum Gasteiger partial charge on any atom is -0.422 e. The van der Waals surface area contributed by atoms with E-state index in [1.54, 1.807) is 24.3 Å². The lowest BCUT2D eigenvalue weighted by atomic mass is 10.0. The number of esters is 1. The van der Waals surface area contributed by atoms with Crippen molar-refractivity contribution in [2.75, 3.05) is 0 Å². The first-order valence-electron chi connectivity index (χ1n) is 11.9. The molecular weight excluding hydrogens is 727 g/mol. The number of nitro groups is 1. The summed E-state index contributed by atoms with van der Waals surface area (Å²) in [6.07, 6.45) is 1.35.